The highest BCUT2D eigenvalue weighted by molar-refractivity contribution is 5.95. The van der Waals surface area contributed by atoms with Crippen LogP contribution in [-0.4, -0.2) is 45.3 Å². The Labute approximate surface area is 153 Å². The van der Waals surface area contributed by atoms with Crippen molar-refractivity contribution in [2.45, 2.75) is 6.42 Å². The number of carbonyl (C=O) groups excluding carboxylic acids is 1. The maximum atomic E-state index is 12.9. The molecule has 0 unspecified atom stereocenters. The van der Waals surface area contributed by atoms with Crippen LogP contribution in [0.5, 0.6) is 0 Å². The van der Waals surface area contributed by atoms with Crippen LogP contribution in [0, 0.1) is 5.82 Å². The lowest BCUT2D eigenvalue weighted by Gasteiger charge is -2.30. The van der Waals surface area contributed by atoms with Gasteiger partial charge in [0.15, 0.2) is 0 Å². The molecule has 0 spiro atoms. The number of morpholine rings is 1. The Kier molecular flexibility index (Phi) is 6.57. The van der Waals surface area contributed by atoms with Gasteiger partial charge in [0.1, 0.15) is 5.82 Å². The molecule has 6 heteroatoms. The van der Waals surface area contributed by atoms with Gasteiger partial charge in [0, 0.05) is 13.1 Å². The number of hydrogen-bond acceptors (Lipinski definition) is 4. The maximum absolute atomic E-state index is 12.9. The average molecular weight is 357 g/mol. The van der Waals surface area contributed by atoms with E-state index in [1.165, 1.54) is 12.1 Å². The van der Waals surface area contributed by atoms with Crippen LogP contribution in [0.3, 0.4) is 0 Å². The molecule has 1 aliphatic rings. The number of halogens is 1. The zero-order chi connectivity index (χ0) is 18.2. The van der Waals surface area contributed by atoms with Crippen LogP contribution in [0.2, 0.25) is 0 Å². The Bertz CT molecular complexity index is 715. The van der Waals surface area contributed by atoms with E-state index in [9.17, 15) is 9.18 Å². The normalized spacial score (nSPS) is 14.3. The molecule has 1 fully saturated rings. The minimum absolute atomic E-state index is 0.0789. The summed E-state index contributed by atoms with van der Waals surface area (Å²) < 4.78 is 18.3. The molecule has 0 atom stereocenters. The van der Waals surface area contributed by atoms with Gasteiger partial charge in [-0.25, -0.2) is 4.39 Å². The smallest absolute Gasteiger partial charge is 0.238 e. The minimum atomic E-state index is -0.236. The first-order valence-electron chi connectivity index (χ1n) is 8.89. The zero-order valence-corrected chi connectivity index (χ0v) is 14.7. The van der Waals surface area contributed by atoms with Crippen LogP contribution in [0.4, 0.5) is 15.8 Å². The summed E-state index contributed by atoms with van der Waals surface area (Å²) in [6.45, 7) is 3.94. The highest BCUT2D eigenvalue weighted by atomic mass is 19.1. The fourth-order valence-corrected chi connectivity index (χ4v) is 2.94. The Morgan fingerprint density at radius 3 is 2.58 bits per heavy atom. The molecule has 0 radical (unpaired) electrons. The van der Waals surface area contributed by atoms with Crippen LogP contribution < -0.4 is 15.5 Å². The third-order valence-electron chi connectivity index (χ3n) is 4.32. The molecule has 1 heterocycles. The van der Waals surface area contributed by atoms with E-state index in [1.54, 1.807) is 12.1 Å². The van der Waals surface area contributed by atoms with Crippen molar-refractivity contribution in [2.75, 3.05) is 49.6 Å². The molecular formula is C20H24FN3O2. The first kappa shape index (κ1) is 18.4. The van der Waals surface area contributed by atoms with Crippen LogP contribution in [-0.2, 0) is 16.0 Å². The number of ether oxygens (including phenoxy) is 1. The summed E-state index contributed by atoms with van der Waals surface area (Å²) in [5.41, 5.74) is 2.88. The van der Waals surface area contributed by atoms with E-state index >= 15 is 0 Å². The van der Waals surface area contributed by atoms with Crippen LogP contribution in [0.15, 0.2) is 48.5 Å². The van der Waals surface area contributed by atoms with E-state index in [0.29, 0.717) is 19.8 Å². The molecular weight excluding hydrogens is 333 g/mol. The van der Waals surface area contributed by atoms with Crippen molar-refractivity contribution < 1.29 is 13.9 Å². The van der Waals surface area contributed by atoms with Gasteiger partial charge >= 0.3 is 0 Å². The van der Waals surface area contributed by atoms with Crippen LogP contribution in [0.25, 0.3) is 0 Å². The predicted octanol–water partition coefficient (Wildman–Crippen LogP) is 2.43. The molecule has 0 saturated carbocycles. The summed E-state index contributed by atoms with van der Waals surface area (Å²) in [4.78, 5) is 14.5. The summed E-state index contributed by atoms with van der Waals surface area (Å²) in [6, 6.07) is 14.2. The lowest BCUT2D eigenvalue weighted by Crippen LogP contribution is -2.37. The number of anilines is 2. The number of rotatable bonds is 7. The Hall–Kier alpha value is -2.44. The molecule has 26 heavy (non-hydrogen) atoms. The Morgan fingerprint density at radius 2 is 1.81 bits per heavy atom. The number of benzene rings is 2. The topological polar surface area (TPSA) is 53.6 Å². The number of nitrogens with one attached hydrogen (secondary N) is 2. The van der Waals surface area contributed by atoms with Crippen LogP contribution in [0.1, 0.15) is 5.56 Å². The number of nitrogens with zero attached hydrogens (tertiary/aromatic N) is 1. The quantitative estimate of drug-likeness (QED) is 0.748. The van der Waals surface area contributed by atoms with Gasteiger partial charge in [-0.05, 0) is 42.8 Å². The van der Waals surface area contributed by atoms with Gasteiger partial charge in [-0.15, -0.1) is 0 Å². The monoisotopic (exact) mass is 357 g/mol. The lowest BCUT2D eigenvalue weighted by molar-refractivity contribution is -0.115. The predicted molar refractivity (Wildman–Crippen MR) is 101 cm³/mol. The summed E-state index contributed by atoms with van der Waals surface area (Å²) in [6.07, 6.45) is 0.748. The minimum Gasteiger partial charge on any atom is -0.378 e. The Balaban J connectivity index is 1.46. The molecule has 1 aliphatic heterocycles. The van der Waals surface area contributed by atoms with E-state index in [2.05, 4.69) is 15.5 Å². The van der Waals surface area contributed by atoms with Crippen molar-refractivity contribution in [1.82, 2.24) is 5.32 Å². The van der Waals surface area contributed by atoms with Gasteiger partial charge in [0.05, 0.1) is 31.1 Å². The summed E-state index contributed by atoms with van der Waals surface area (Å²) in [5.74, 6) is -0.315. The van der Waals surface area contributed by atoms with E-state index in [-0.39, 0.29) is 18.3 Å². The zero-order valence-electron chi connectivity index (χ0n) is 14.7. The van der Waals surface area contributed by atoms with Gasteiger partial charge in [0.2, 0.25) is 5.91 Å². The molecule has 5 nitrogen and oxygen atoms in total. The van der Waals surface area contributed by atoms with Gasteiger partial charge in [-0.3, -0.25) is 4.79 Å². The van der Waals surface area contributed by atoms with Gasteiger partial charge in [-0.2, -0.15) is 0 Å². The molecule has 2 N–H and O–H groups in total. The first-order valence-corrected chi connectivity index (χ1v) is 8.89. The summed E-state index contributed by atoms with van der Waals surface area (Å²) in [7, 11) is 0. The van der Waals surface area contributed by atoms with Crippen molar-refractivity contribution in [1.29, 1.82) is 0 Å². The fraction of sp³-hybridized carbons (Fsp3) is 0.350. The Morgan fingerprint density at radius 1 is 1.08 bits per heavy atom. The van der Waals surface area contributed by atoms with Gasteiger partial charge < -0.3 is 20.3 Å². The van der Waals surface area contributed by atoms with Crippen molar-refractivity contribution in [3.63, 3.8) is 0 Å². The third-order valence-corrected chi connectivity index (χ3v) is 4.32. The van der Waals surface area contributed by atoms with E-state index < -0.39 is 0 Å². The van der Waals surface area contributed by atoms with Crippen molar-refractivity contribution in [2.24, 2.45) is 0 Å². The number of carbonyl (C=O) groups is 1. The molecule has 1 saturated heterocycles. The largest absolute Gasteiger partial charge is 0.378 e. The second-order valence-electron chi connectivity index (χ2n) is 6.22. The second kappa shape index (κ2) is 9.31. The molecule has 1 amide bonds. The molecule has 2 aromatic rings. The summed E-state index contributed by atoms with van der Waals surface area (Å²) in [5, 5.41) is 6.11. The molecule has 2 aromatic carbocycles. The molecule has 0 aromatic heterocycles. The number of amides is 1. The van der Waals surface area contributed by atoms with E-state index in [1.807, 2.05) is 24.3 Å². The molecule has 0 bridgehead atoms. The maximum Gasteiger partial charge on any atom is 0.238 e. The second-order valence-corrected chi connectivity index (χ2v) is 6.22. The standard InChI is InChI=1S/C20H24FN3O2/c21-17-7-5-16(6-8-17)9-10-22-15-20(25)23-18-3-1-2-4-19(18)24-11-13-26-14-12-24/h1-8,22H,9-15H2,(H,23,25). The third kappa shape index (κ3) is 5.28. The summed E-state index contributed by atoms with van der Waals surface area (Å²) >= 11 is 0. The van der Waals surface area contributed by atoms with E-state index in [4.69, 9.17) is 4.74 Å². The molecule has 3 rings (SSSR count). The van der Waals surface area contributed by atoms with Gasteiger partial charge in [-0.1, -0.05) is 24.3 Å². The highest BCUT2D eigenvalue weighted by Crippen LogP contribution is 2.26. The van der Waals surface area contributed by atoms with Crippen molar-refractivity contribution in [3.05, 3.63) is 59.9 Å². The first-order chi connectivity index (χ1) is 12.7. The van der Waals surface area contributed by atoms with Crippen LogP contribution >= 0.6 is 0 Å². The van der Waals surface area contributed by atoms with Crippen molar-refractivity contribution >= 4 is 17.3 Å². The molecule has 138 valence electrons. The van der Waals surface area contributed by atoms with E-state index in [0.717, 1.165) is 36.4 Å². The highest BCUT2D eigenvalue weighted by Gasteiger charge is 2.15. The molecule has 0 aliphatic carbocycles. The lowest BCUT2D eigenvalue weighted by atomic mass is 10.1. The SMILES string of the molecule is O=C(CNCCc1ccc(F)cc1)Nc1ccccc1N1CCOCC1. The fourth-order valence-electron chi connectivity index (χ4n) is 2.94. The van der Waals surface area contributed by atoms with Gasteiger partial charge in [0.25, 0.3) is 0 Å². The number of hydrogen-bond donors (Lipinski definition) is 2. The average Bonchev–Trinajstić information content (AvgIpc) is 2.68. The number of para-hydroxylation sites is 2. The van der Waals surface area contributed by atoms with Crippen molar-refractivity contribution in [3.8, 4) is 0 Å².